The number of anilines is 1. The molecule has 0 spiro atoms. The molecule has 0 saturated carbocycles. The van der Waals surface area contributed by atoms with E-state index in [0.717, 1.165) is 6.07 Å². The van der Waals surface area contributed by atoms with Crippen LogP contribution in [0.2, 0.25) is 0 Å². The van der Waals surface area contributed by atoms with Crippen molar-refractivity contribution in [1.82, 2.24) is 0 Å². The van der Waals surface area contributed by atoms with Crippen molar-refractivity contribution in [1.29, 1.82) is 0 Å². The minimum absolute atomic E-state index is 0.177. The molecule has 154 valence electrons. The molecule has 0 bridgehead atoms. The Balaban J connectivity index is 1.48. The lowest BCUT2D eigenvalue weighted by Crippen LogP contribution is -2.30. The van der Waals surface area contributed by atoms with E-state index < -0.39 is 18.0 Å². The van der Waals surface area contributed by atoms with Gasteiger partial charge >= 0.3 is 5.97 Å². The number of carbonyl (C=O) groups excluding carboxylic acids is 2. The van der Waals surface area contributed by atoms with Gasteiger partial charge in [0.25, 0.3) is 5.91 Å². The van der Waals surface area contributed by atoms with Crippen LogP contribution in [-0.2, 0) is 9.53 Å². The Morgan fingerprint density at radius 1 is 1.00 bits per heavy atom. The molecule has 1 aliphatic heterocycles. The fourth-order valence-electron chi connectivity index (χ4n) is 3.14. The number of hydrogen-bond donors (Lipinski definition) is 3. The Kier molecular flexibility index (Phi) is 5.05. The lowest BCUT2D eigenvalue weighted by Gasteiger charge is -2.19. The Bertz CT molecular complexity index is 1140. The van der Waals surface area contributed by atoms with Gasteiger partial charge in [0.05, 0.1) is 0 Å². The highest BCUT2D eigenvalue weighted by molar-refractivity contribution is 6.04. The van der Waals surface area contributed by atoms with Crippen molar-refractivity contribution in [3.8, 4) is 23.0 Å². The van der Waals surface area contributed by atoms with E-state index in [9.17, 15) is 19.8 Å². The van der Waals surface area contributed by atoms with Crippen molar-refractivity contribution in [2.45, 2.75) is 13.0 Å². The molecule has 0 fully saturated rings. The van der Waals surface area contributed by atoms with Crippen LogP contribution in [0.3, 0.4) is 0 Å². The zero-order valence-corrected chi connectivity index (χ0v) is 16.0. The van der Waals surface area contributed by atoms with Gasteiger partial charge in [-0.2, -0.15) is 0 Å². The summed E-state index contributed by atoms with van der Waals surface area (Å²) in [5.41, 5.74) is 0.225. The molecule has 0 saturated heterocycles. The van der Waals surface area contributed by atoms with Crippen LogP contribution >= 0.6 is 0 Å². The molecular weight excluding hydrogens is 390 g/mol. The summed E-state index contributed by atoms with van der Waals surface area (Å²) in [5.74, 6) is -0.898. The van der Waals surface area contributed by atoms with Crippen LogP contribution in [0.25, 0.3) is 10.8 Å². The Morgan fingerprint density at radius 3 is 2.47 bits per heavy atom. The first kappa shape index (κ1) is 19.4. The second-order valence-corrected chi connectivity index (χ2v) is 6.73. The molecule has 3 N–H and O–H groups in total. The van der Waals surface area contributed by atoms with Crippen LogP contribution in [0.15, 0.2) is 48.5 Å². The number of rotatable bonds is 4. The SMILES string of the molecule is C[C@@H](OC(=O)c1cc(O)c2ccccc2c1O)C(=O)Nc1ccc2c(c1)OCCO2. The fraction of sp³-hybridized carbons (Fsp3) is 0.182. The summed E-state index contributed by atoms with van der Waals surface area (Å²) in [6, 6.07) is 12.6. The van der Waals surface area contributed by atoms with Crippen molar-refractivity contribution in [3.05, 3.63) is 54.1 Å². The average molecular weight is 409 g/mol. The molecule has 8 heteroatoms. The number of nitrogens with one attached hydrogen (secondary N) is 1. The number of aromatic hydroxyl groups is 2. The first-order chi connectivity index (χ1) is 14.4. The van der Waals surface area contributed by atoms with E-state index in [1.807, 2.05) is 0 Å². The lowest BCUT2D eigenvalue weighted by molar-refractivity contribution is -0.123. The van der Waals surface area contributed by atoms with Crippen LogP contribution in [-0.4, -0.2) is 41.4 Å². The first-order valence-corrected chi connectivity index (χ1v) is 9.29. The normalized spacial score (nSPS) is 13.5. The quantitative estimate of drug-likeness (QED) is 0.448. The third-order valence-corrected chi connectivity index (χ3v) is 4.68. The molecular formula is C22H19NO7. The van der Waals surface area contributed by atoms with Gasteiger partial charge in [-0.1, -0.05) is 24.3 Å². The van der Waals surface area contributed by atoms with Crippen molar-refractivity contribution in [2.24, 2.45) is 0 Å². The van der Waals surface area contributed by atoms with E-state index in [4.69, 9.17) is 14.2 Å². The van der Waals surface area contributed by atoms with Crippen molar-refractivity contribution < 1.29 is 34.0 Å². The number of amides is 1. The summed E-state index contributed by atoms with van der Waals surface area (Å²) in [6.07, 6.45) is -1.15. The molecule has 4 rings (SSSR count). The van der Waals surface area contributed by atoms with E-state index in [1.165, 1.54) is 6.92 Å². The van der Waals surface area contributed by atoms with Crippen LogP contribution in [0, 0.1) is 0 Å². The summed E-state index contributed by atoms with van der Waals surface area (Å²) in [4.78, 5) is 24.9. The molecule has 1 aliphatic rings. The Hall–Kier alpha value is -3.94. The van der Waals surface area contributed by atoms with E-state index in [1.54, 1.807) is 42.5 Å². The fourth-order valence-corrected chi connectivity index (χ4v) is 3.14. The maximum absolute atomic E-state index is 12.5. The summed E-state index contributed by atoms with van der Waals surface area (Å²) >= 11 is 0. The van der Waals surface area contributed by atoms with Gasteiger partial charge in [0.1, 0.15) is 30.3 Å². The standard InChI is InChI=1S/C22H19NO7/c1-12(21(26)23-13-6-7-18-19(10-13)29-9-8-28-18)30-22(27)16-11-17(24)14-4-2-3-5-15(14)20(16)25/h2-7,10-12,24-25H,8-9H2,1H3,(H,23,26)/t12-/m1/s1. The second-order valence-electron chi connectivity index (χ2n) is 6.73. The molecule has 1 amide bonds. The zero-order valence-electron chi connectivity index (χ0n) is 16.0. The monoisotopic (exact) mass is 409 g/mol. The predicted molar refractivity (Wildman–Crippen MR) is 108 cm³/mol. The van der Waals surface area contributed by atoms with Gasteiger partial charge in [-0.25, -0.2) is 4.79 Å². The minimum Gasteiger partial charge on any atom is -0.507 e. The minimum atomic E-state index is -1.15. The topological polar surface area (TPSA) is 114 Å². The summed E-state index contributed by atoms with van der Waals surface area (Å²) < 4.78 is 16.1. The highest BCUT2D eigenvalue weighted by Crippen LogP contribution is 2.36. The average Bonchev–Trinajstić information content (AvgIpc) is 2.76. The predicted octanol–water partition coefficient (Wildman–Crippen LogP) is 3.21. The van der Waals surface area contributed by atoms with Gasteiger partial charge in [0, 0.05) is 22.5 Å². The summed E-state index contributed by atoms with van der Waals surface area (Å²) in [7, 11) is 0. The molecule has 30 heavy (non-hydrogen) atoms. The highest BCUT2D eigenvalue weighted by Gasteiger charge is 2.24. The van der Waals surface area contributed by atoms with Crippen LogP contribution in [0.4, 0.5) is 5.69 Å². The van der Waals surface area contributed by atoms with Crippen molar-refractivity contribution in [3.63, 3.8) is 0 Å². The first-order valence-electron chi connectivity index (χ1n) is 9.29. The molecule has 3 aromatic carbocycles. The number of benzene rings is 3. The molecule has 0 radical (unpaired) electrons. The smallest absolute Gasteiger partial charge is 0.342 e. The molecule has 3 aromatic rings. The van der Waals surface area contributed by atoms with Gasteiger partial charge in [-0.15, -0.1) is 0 Å². The van der Waals surface area contributed by atoms with Gasteiger partial charge < -0.3 is 29.7 Å². The molecule has 0 unspecified atom stereocenters. The number of esters is 1. The summed E-state index contributed by atoms with van der Waals surface area (Å²) in [5, 5.41) is 23.9. The summed E-state index contributed by atoms with van der Waals surface area (Å²) in [6.45, 7) is 2.28. The van der Waals surface area contributed by atoms with Gasteiger partial charge in [-0.05, 0) is 25.1 Å². The Morgan fingerprint density at radius 2 is 1.70 bits per heavy atom. The zero-order chi connectivity index (χ0) is 21.3. The Labute approximate surface area is 171 Å². The number of phenols is 2. The molecule has 1 heterocycles. The number of fused-ring (bicyclic) bond motifs is 2. The van der Waals surface area contributed by atoms with Crippen LogP contribution < -0.4 is 14.8 Å². The maximum Gasteiger partial charge on any atom is 0.342 e. The third kappa shape index (κ3) is 3.67. The number of ether oxygens (including phenoxy) is 3. The molecule has 0 aliphatic carbocycles. The maximum atomic E-state index is 12.5. The van der Waals surface area contributed by atoms with Crippen LogP contribution in [0.1, 0.15) is 17.3 Å². The molecule has 8 nitrogen and oxygen atoms in total. The highest BCUT2D eigenvalue weighted by atomic mass is 16.6. The van der Waals surface area contributed by atoms with Gasteiger partial charge in [0.15, 0.2) is 17.6 Å². The number of hydrogen-bond acceptors (Lipinski definition) is 7. The number of phenolic OH excluding ortho intramolecular Hbond substituents is 2. The van der Waals surface area contributed by atoms with Crippen LogP contribution in [0.5, 0.6) is 23.0 Å². The van der Waals surface area contributed by atoms with Crippen molar-refractivity contribution >= 4 is 28.3 Å². The largest absolute Gasteiger partial charge is 0.507 e. The second kappa shape index (κ2) is 7.82. The van der Waals surface area contributed by atoms with E-state index >= 15 is 0 Å². The van der Waals surface area contributed by atoms with E-state index in [-0.39, 0.29) is 17.1 Å². The van der Waals surface area contributed by atoms with Crippen molar-refractivity contribution in [2.75, 3.05) is 18.5 Å². The van der Waals surface area contributed by atoms with E-state index in [2.05, 4.69) is 5.32 Å². The van der Waals surface area contributed by atoms with Gasteiger partial charge in [0.2, 0.25) is 0 Å². The lowest BCUT2D eigenvalue weighted by atomic mass is 10.0. The molecule has 1 atom stereocenters. The van der Waals surface area contributed by atoms with Gasteiger partial charge in [-0.3, -0.25) is 4.79 Å². The van der Waals surface area contributed by atoms with E-state index in [0.29, 0.717) is 41.2 Å². The number of carbonyl (C=O) groups is 2. The third-order valence-electron chi connectivity index (χ3n) is 4.68. The molecule has 0 aromatic heterocycles.